The van der Waals surface area contributed by atoms with Gasteiger partial charge in [0, 0.05) is 33.2 Å². The molecule has 3 rings (SSSR count). The van der Waals surface area contributed by atoms with E-state index in [2.05, 4.69) is 0 Å². The number of Topliss-reactive ketones (excluding diaryl/α,β-unsaturated/α-hetero) is 1. The maximum atomic E-state index is 12.5. The number of imidazole rings is 1. The van der Waals surface area contributed by atoms with Crippen molar-refractivity contribution in [3.05, 3.63) is 34.2 Å². The van der Waals surface area contributed by atoms with Crippen molar-refractivity contribution < 1.29 is 9.53 Å². The SMILES string of the molecule is COC1(CC(=O)c2ccc3c(c2)n(C)c(=O)n3C)CCC1. The number of rotatable bonds is 4. The molecule has 1 saturated carbocycles. The molecule has 0 atom stereocenters. The van der Waals surface area contributed by atoms with E-state index in [0.717, 1.165) is 30.3 Å². The van der Waals surface area contributed by atoms with Crippen LogP contribution in [0.1, 0.15) is 36.0 Å². The van der Waals surface area contributed by atoms with Crippen LogP contribution in [-0.2, 0) is 18.8 Å². The lowest BCUT2D eigenvalue weighted by Gasteiger charge is -2.40. The molecule has 0 aliphatic heterocycles. The first kappa shape index (κ1) is 14.1. The molecule has 2 aromatic rings. The van der Waals surface area contributed by atoms with Crippen LogP contribution < -0.4 is 5.69 Å². The third-order valence-electron chi connectivity index (χ3n) is 4.77. The highest BCUT2D eigenvalue weighted by Crippen LogP contribution is 2.38. The molecule has 5 heteroatoms. The minimum Gasteiger partial charge on any atom is -0.378 e. The molecule has 1 aromatic heterocycles. The van der Waals surface area contributed by atoms with Crippen LogP contribution in [0, 0.1) is 0 Å². The second-order valence-electron chi connectivity index (χ2n) is 5.94. The average Bonchev–Trinajstić information content (AvgIpc) is 2.67. The van der Waals surface area contributed by atoms with Crippen LogP contribution in [0.2, 0.25) is 0 Å². The molecule has 1 fully saturated rings. The summed E-state index contributed by atoms with van der Waals surface area (Å²) in [7, 11) is 5.14. The number of hydrogen-bond acceptors (Lipinski definition) is 3. The number of methoxy groups -OCH3 is 1. The number of aryl methyl sites for hydroxylation is 2. The third-order valence-corrected chi connectivity index (χ3v) is 4.77. The van der Waals surface area contributed by atoms with Crippen molar-refractivity contribution in [3.63, 3.8) is 0 Å². The van der Waals surface area contributed by atoms with Gasteiger partial charge in [0.25, 0.3) is 0 Å². The van der Waals surface area contributed by atoms with Crippen LogP contribution in [0.4, 0.5) is 0 Å². The molecule has 0 unspecified atom stereocenters. The minimum atomic E-state index is -0.269. The van der Waals surface area contributed by atoms with Gasteiger partial charge in [0.05, 0.1) is 16.6 Å². The Morgan fingerprint density at radius 2 is 1.90 bits per heavy atom. The Kier molecular flexibility index (Phi) is 3.24. The third kappa shape index (κ3) is 2.12. The Bertz CT molecular complexity index is 760. The molecule has 1 heterocycles. The summed E-state index contributed by atoms with van der Waals surface area (Å²) in [6.45, 7) is 0. The second kappa shape index (κ2) is 4.84. The highest BCUT2D eigenvalue weighted by molar-refractivity contribution is 5.99. The summed E-state index contributed by atoms with van der Waals surface area (Å²) in [4.78, 5) is 24.4. The van der Waals surface area contributed by atoms with E-state index in [0.29, 0.717) is 12.0 Å². The highest BCUT2D eigenvalue weighted by atomic mass is 16.5. The van der Waals surface area contributed by atoms with Crippen molar-refractivity contribution in [2.24, 2.45) is 14.1 Å². The highest BCUT2D eigenvalue weighted by Gasteiger charge is 2.39. The van der Waals surface area contributed by atoms with Gasteiger partial charge < -0.3 is 4.74 Å². The lowest BCUT2D eigenvalue weighted by molar-refractivity contribution is -0.0704. The van der Waals surface area contributed by atoms with Crippen molar-refractivity contribution in [2.45, 2.75) is 31.3 Å². The van der Waals surface area contributed by atoms with E-state index in [1.165, 1.54) is 0 Å². The molecular weight excluding hydrogens is 268 g/mol. The molecule has 1 aliphatic rings. The van der Waals surface area contributed by atoms with E-state index in [9.17, 15) is 9.59 Å². The van der Waals surface area contributed by atoms with Crippen LogP contribution in [0.25, 0.3) is 11.0 Å². The first-order valence-corrected chi connectivity index (χ1v) is 7.21. The lowest BCUT2D eigenvalue weighted by atomic mass is 9.76. The number of aromatic nitrogens is 2. The fraction of sp³-hybridized carbons (Fsp3) is 0.500. The summed E-state index contributed by atoms with van der Waals surface area (Å²) in [6, 6.07) is 5.44. The van der Waals surface area contributed by atoms with Crippen LogP contribution in [0.3, 0.4) is 0 Å². The first-order chi connectivity index (χ1) is 9.97. The molecule has 0 N–H and O–H groups in total. The Morgan fingerprint density at radius 3 is 2.48 bits per heavy atom. The predicted octanol–water partition coefficient (Wildman–Crippen LogP) is 2.02. The Hall–Kier alpha value is -1.88. The molecular formula is C16H20N2O3. The van der Waals surface area contributed by atoms with E-state index < -0.39 is 0 Å². The molecule has 0 saturated heterocycles. The molecule has 21 heavy (non-hydrogen) atoms. The summed E-state index contributed by atoms with van der Waals surface area (Å²) in [5.41, 5.74) is 1.92. The molecule has 0 bridgehead atoms. The molecule has 112 valence electrons. The number of ether oxygens (including phenoxy) is 1. The van der Waals surface area contributed by atoms with Gasteiger partial charge in [0.2, 0.25) is 0 Å². The quantitative estimate of drug-likeness (QED) is 0.809. The number of hydrogen-bond donors (Lipinski definition) is 0. The number of nitrogens with zero attached hydrogens (tertiary/aromatic N) is 2. The summed E-state index contributed by atoms with van der Waals surface area (Å²) in [5, 5.41) is 0. The van der Waals surface area contributed by atoms with E-state index in [1.54, 1.807) is 42.5 Å². The van der Waals surface area contributed by atoms with Crippen molar-refractivity contribution in [2.75, 3.05) is 7.11 Å². The van der Waals surface area contributed by atoms with E-state index >= 15 is 0 Å². The normalized spacial score (nSPS) is 16.9. The van der Waals surface area contributed by atoms with Crippen molar-refractivity contribution >= 4 is 16.8 Å². The topological polar surface area (TPSA) is 53.2 Å². The number of carbonyl (C=O) groups excluding carboxylic acids is 1. The first-order valence-electron chi connectivity index (χ1n) is 7.21. The number of fused-ring (bicyclic) bond motifs is 1. The Balaban J connectivity index is 1.96. The molecule has 0 radical (unpaired) electrons. The zero-order chi connectivity index (χ0) is 15.2. The zero-order valence-electron chi connectivity index (χ0n) is 12.7. The average molecular weight is 288 g/mol. The van der Waals surface area contributed by atoms with Gasteiger partial charge in [-0.05, 0) is 37.5 Å². The number of ketones is 1. The van der Waals surface area contributed by atoms with Crippen LogP contribution in [0.15, 0.2) is 23.0 Å². The largest absolute Gasteiger partial charge is 0.378 e. The maximum absolute atomic E-state index is 12.5. The standard InChI is InChI=1S/C16H20N2O3/c1-17-12-6-5-11(9-13(12)18(2)15(17)20)14(19)10-16(21-3)7-4-8-16/h5-6,9H,4,7-8,10H2,1-3H3. The Labute approximate surface area is 123 Å². The molecule has 5 nitrogen and oxygen atoms in total. The van der Waals surface area contributed by atoms with Crippen molar-refractivity contribution in [3.8, 4) is 0 Å². The van der Waals surface area contributed by atoms with Crippen molar-refractivity contribution in [1.29, 1.82) is 0 Å². The Morgan fingerprint density at radius 1 is 1.24 bits per heavy atom. The van der Waals surface area contributed by atoms with Crippen LogP contribution in [0.5, 0.6) is 0 Å². The zero-order valence-corrected chi connectivity index (χ0v) is 12.7. The molecule has 1 aliphatic carbocycles. The summed E-state index contributed by atoms with van der Waals surface area (Å²) in [5.74, 6) is 0.0785. The molecule has 0 amide bonds. The molecule has 1 aromatic carbocycles. The summed E-state index contributed by atoms with van der Waals surface area (Å²) >= 11 is 0. The van der Waals surface area contributed by atoms with Gasteiger partial charge in [-0.2, -0.15) is 0 Å². The monoisotopic (exact) mass is 288 g/mol. The minimum absolute atomic E-state index is 0.0785. The van der Waals surface area contributed by atoms with Gasteiger partial charge >= 0.3 is 5.69 Å². The van der Waals surface area contributed by atoms with Gasteiger partial charge in [0.1, 0.15) is 0 Å². The summed E-state index contributed by atoms with van der Waals surface area (Å²) in [6.07, 6.45) is 3.42. The lowest BCUT2D eigenvalue weighted by Crippen LogP contribution is -2.41. The fourth-order valence-electron chi connectivity index (χ4n) is 3.10. The van der Waals surface area contributed by atoms with E-state index in [-0.39, 0.29) is 17.1 Å². The van der Waals surface area contributed by atoms with E-state index in [1.807, 2.05) is 6.07 Å². The number of carbonyl (C=O) groups is 1. The smallest absolute Gasteiger partial charge is 0.328 e. The molecule has 0 spiro atoms. The van der Waals surface area contributed by atoms with Gasteiger partial charge in [-0.3, -0.25) is 13.9 Å². The maximum Gasteiger partial charge on any atom is 0.328 e. The van der Waals surface area contributed by atoms with Gasteiger partial charge in [0.15, 0.2) is 5.78 Å². The fourth-order valence-corrected chi connectivity index (χ4v) is 3.10. The van der Waals surface area contributed by atoms with Gasteiger partial charge in [-0.15, -0.1) is 0 Å². The van der Waals surface area contributed by atoms with Crippen LogP contribution in [-0.4, -0.2) is 27.6 Å². The van der Waals surface area contributed by atoms with Crippen molar-refractivity contribution in [1.82, 2.24) is 9.13 Å². The number of benzene rings is 1. The van der Waals surface area contributed by atoms with Gasteiger partial charge in [-0.1, -0.05) is 0 Å². The van der Waals surface area contributed by atoms with Gasteiger partial charge in [-0.25, -0.2) is 4.79 Å². The summed E-state index contributed by atoms with van der Waals surface area (Å²) < 4.78 is 8.68. The van der Waals surface area contributed by atoms with Crippen LogP contribution >= 0.6 is 0 Å². The predicted molar refractivity (Wildman–Crippen MR) is 80.7 cm³/mol. The second-order valence-corrected chi connectivity index (χ2v) is 5.94. The van der Waals surface area contributed by atoms with E-state index in [4.69, 9.17) is 4.74 Å².